The Morgan fingerprint density at radius 1 is 1.38 bits per heavy atom. The van der Waals surface area contributed by atoms with Crippen LogP contribution in [0.1, 0.15) is 32.9 Å². The maximum atomic E-state index is 12.3. The van der Waals surface area contributed by atoms with E-state index in [4.69, 9.17) is 5.11 Å². The summed E-state index contributed by atoms with van der Waals surface area (Å²) in [7, 11) is 0. The van der Waals surface area contributed by atoms with Crippen LogP contribution in [0.25, 0.3) is 0 Å². The summed E-state index contributed by atoms with van der Waals surface area (Å²) < 4.78 is 0. The Balaban J connectivity index is 2.22. The van der Waals surface area contributed by atoms with Crippen molar-refractivity contribution in [3.05, 3.63) is 39.9 Å². The molecular formula is C15H15N3O2S. The van der Waals surface area contributed by atoms with Crippen LogP contribution >= 0.6 is 11.3 Å². The van der Waals surface area contributed by atoms with E-state index >= 15 is 0 Å². The van der Waals surface area contributed by atoms with E-state index in [0.29, 0.717) is 17.1 Å². The van der Waals surface area contributed by atoms with Crippen LogP contribution in [0.3, 0.4) is 0 Å². The summed E-state index contributed by atoms with van der Waals surface area (Å²) in [6.07, 6.45) is 0.417. The first-order valence-corrected chi connectivity index (χ1v) is 7.24. The predicted molar refractivity (Wildman–Crippen MR) is 82.4 cm³/mol. The van der Waals surface area contributed by atoms with Crippen LogP contribution in [0.2, 0.25) is 0 Å². The Bertz CT molecular complexity index is 713. The number of benzene rings is 1. The molecular weight excluding hydrogens is 286 g/mol. The Hall–Kier alpha value is -2.23. The van der Waals surface area contributed by atoms with E-state index in [9.17, 15) is 4.79 Å². The summed E-state index contributed by atoms with van der Waals surface area (Å²) in [5.41, 5.74) is 2.14. The lowest BCUT2D eigenvalue weighted by atomic mass is 10.0. The second kappa shape index (κ2) is 6.97. The van der Waals surface area contributed by atoms with Crippen molar-refractivity contribution >= 4 is 22.4 Å². The molecule has 1 aromatic heterocycles. The maximum absolute atomic E-state index is 12.3. The highest BCUT2D eigenvalue weighted by Gasteiger charge is 2.13. The predicted octanol–water partition coefficient (Wildman–Crippen LogP) is 2.14. The molecule has 0 aliphatic carbocycles. The van der Waals surface area contributed by atoms with Gasteiger partial charge in [0.25, 0.3) is 5.91 Å². The lowest BCUT2D eigenvalue weighted by molar-refractivity contribution is 0.102. The molecule has 1 amide bonds. The fourth-order valence-corrected chi connectivity index (χ4v) is 2.33. The number of aryl methyl sites for hydroxylation is 1. The van der Waals surface area contributed by atoms with Crippen LogP contribution in [-0.4, -0.2) is 27.8 Å². The van der Waals surface area contributed by atoms with Gasteiger partial charge in [-0.05, 0) is 31.5 Å². The Labute approximate surface area is 127 Å². The van der Waals surface area contributed by atoms with Crippen molar-refractivity contribution in [2.75, 3.05) is 11.9 Å². The van der Waals surface area contributed by atoms with Gasteiger partial charge in [0.05, 0.1) is 6.61 Å². The molecule has 0 saturated carbocycles. The molecule has 0 radical (unpaired) electrons. The summed E-state index contributed by atoms with van der Waals surface area (Å²) in [6, 6.07) is 5.39. The number of aromatic nitrogens is 2. The van der Waals surface area contributed by atoms with Crippen molar-refractivity contribution in [3.8, 4) is 11.8 Å². The standard InChI is InChI=1S/C15H15N3O2S/c1-10-12(6-3-4-9-19)7-5-8-13(10)14(20)16-15-18-17-11(2)21-15/h5,7-8,19H,4,9H2,1-2H3,(H,16,18,20). The third-order valence-corrected chi connectivity index (χ3v) is 3.54. The fraction of sp³-hybridized carbons (Fsp3) is 0.267. The average molecular weight is 301 g/mol. The molecule has 0 saturated heterocycles. The molecule has 2 N–H and O–H groups in total. The molecule has 0 aliphatic heterocycles. The number of aliphatic hydroxyl groups excluding tert-OH is 1. The molecule has 5 nitrogen and oxygen atoms in total. The van der Waals surface area contributed by atoms with Gasteiger partial charge in [-0.15, -0.1) is 10.2 Å². The van der Waals surface area contributed by atoms with Crippen molar-refractivity contribution in [3.63, 3.8) is 0 Å². The molecule has 0 unspecified atom stereocenters. The lowest BCUT2D eigenvalue weighted by Crippen LogP contribution is -2.13. The molecule has 0 atom stereocenters. The van der Waals surface area contributed by atoms with Gasteiger partial charge >= 0.3 is 0 Å². The maximum Gasteiger partial charge on any atom is 0.257 e. The number of carbonyl (C=O) groups is 1. The van der Waals surface area contributed by atoms with E-state index in [1.807, 2.05) is 19.9 Å². The van der Waals surface area contributed by atoms with Crippen LogP contribution in [0.4, 0.5) is 5.13 Å². The molecule has 0 aliphatic rings. The molecule has 0 fully saturated rings. The summed E-state index contributed by atoms with van der Waals surface area (Å²) in [5, 5.41) is 20.5. The van der Waals surface area contributed by atoms with E-state index in [0.717, 1.165) is 16.1 Å². The number of amides is 1. The monoisotopic (exact) mass is 301 g/mol. The summed E-state index contributed by atoms with van der Waals surface area (Å²) in [4.78, 5) is 12.3. The second-order valence-electron chi connectivity index (χ2n) is 4.33. The topological polar surface area (TPSA) is 75.1 Å². The number of hydrogen-bond acceptors (Lipinski definition) is 5. The minimum absolute atomic E-state index is 0.0304. The van der Waals surface area contributed by atoms with E-state index in [1.165, 1.54) is 11.3 Å². The van der Waals surface area contributed by atoms with E-state index in [2.05, 4.69) is 27.4 Å². The highest BCUT2D eigenvalue weighted by Crippen LogP contribution is 2.18. The van der Waals surface area contributed by atoms with E-state index in [-0.39, 0.29) is 12.5 Å². The highest BCUT2D eigenvalue weighted by atomic mass is 32.1. The molecule has 108 valence electrons. The highest BCUT2D eigenvalue weighted by molar-refractivity contribution is 7.15. The minimum atomic E-state index is -0.227. The van der Waals surface area contributed by atoms with Gasteiger partial charge in [0.15, 0.2) is 0 Å². The van der Waals surface area contributed by atoms with Crippen molar-refractivity contribution in [1.82, 2.24) is 10.2 Å². The Morgan fingerprint density at radius 3 is 2.86 bits per heavy atom. The molecule has 2 aromatic rings. The van der Waals surface area contributed by atoms with Gasteiger partial charge < -0.3 is 5.11 Å². The van der Waals surface area contributed by atoms with Crippen molar-refractivity contribution < 1.29 is 9.90 Å². The van der Waals surface area contributed by atoms with Gasteiger partial charge in [0.2, 0.25) is 5.13 Å². The van der Waals surface area contributed by atoms with Crippen LogP contribution in [0.15, 0.2) is 18.2 Å². The number of hydrogen-bond donors (Lipinski definition) is 2. The summed E-state index contributed by atoms with van der Waals surface area (Å²) in [6.45, 7) is 3.71. The van der Waals surface area contributed by atoms with Crippen LogP contribution < -0.4 is 5.32 Å². The minimum Gasteiger partial charge on any atom is -0.395 e. The van der Waals surface area contributed by atoms with Crippen LogP contribution in [-0.2, 0) is 0 Å². The van der Waals surface area contributed by atoms with Gasteiger partial charge in [-0.2, -0.15) is 0 Å². The van der Waals surface area contributed by atoms with Gasteiger partial charge in [0.1, 0.15) is 5.01 Å². The lowest BCUT2D eigenvalue weighted by Gasteiger charge is -2.06. The van der Waals surface area contributed by atoms with Gasteiger partial charge in [0, 0.05) is 17.5 Å². The third kappa shape index (κ3) is 3.88. The zero-order valence-electron chi connectivity index (χ0n) is 11.8. The van der Waals surface area contributed by atoms with E-state index in [1.54, 1.807) is 12.1 Å². The molecule has 21 heavy (non-hydrogen) atoms. The first kappa shape index (κ1) is 15.2. The van der Waals surface area contributed by atoms with Gasteiger partial charge in [-0.1, -0.05) is 29.2 Å². The number of anilines is 1. The van der Waals surface area contributed by atoms with Gasteiger partial charge in [-0.3, -0.25) is 10.1 Å². The molecule has 1 aromatic carbocycles. The zero-order chi connectivity index (χ0) is 15.2. The normalized spacial score (nSPS) is 9.86. The Morgan fingerprint density at radius 2 is 2.19 bits per heavy atom. The SMILES string of the molecule is Cc1nnc(NC(=O)c2cccc(C#CCCO)c2C)s1. The zero-order valence-corrected chi connectivity index (χ0v) is 12.6. The van der Waals surface area contributed by atoms with Gasteiger partial charge in [-0.25, -0.2) is 0 Å². The van der Waals surface area contributed by atoms with E-state index < -0.39 is 0 Å². The number of rotatable bonds is 3. The number of carbonyl (C=O) groups excluding carboxylic acids is 1. The largest absolute Gasteiger partial charge is 0.395 e. The molecule has 2 rings (SSSR count). The number of nitrogens with zero attached hydrogens (tertiary/aromatic N) is 2. The first-order chi connectivity index (χ1) is 10.1. The molecule has 0 bridgehead atoms. The first-order valence-electron chi connectivity index (χ1n) is 6.42. The van der Waals surface area contributed by atoms with Crippen LogP contribution in [0.5, 0.6) is 0 Å². The molecule has 6 heteroatoms. The van der Waals surface area contributed by atoms with Crippen molar-refractivity contribution in [1.29, 1.82) is 0 Å². The summed E-state index contributed by atoms with van der Waals surface area (Å²) in [5.74, 6) is 5.59. The average Bonchev–Trinajstić information content (AvgIpc) is 2.86. The Kier molecular flexibility index (Phi) is 5.04. The number of nitrogens with one attached hydrogen (secondary N) is 1. The van der Waals surface area contributed by atoms with Crippen LogP contribution in [0, 0.1) is 25.7 Å². The quantitative estimate of drug-likeness (QED) is 0.852. The smallest absolute Gasteiger partial charge is 0.257 e. The molecule has 0 spiro atoms. The molecule has 1 heterocycles. The second-order valence-corrected chi connectivity index (χ2v) is 5.52. The third-order valence-electron chi connectivity index (χ3n) is 2.78. The van der Waals surface area contributed by atoms with Crippen molar-refractivity contribution in [2.24, 2.45) is 0 Å². The van der Waals surface area contributed by atoms with Crippen molar-refractivity contribution in [2.45, 2.75) is 20.3 Å². The fourth-order valence-electron chi connectivity index (χ4n) is 1.74. The number of aliphatic hydroxyl groups is 1. The summed E-state index contributed by atoms with van der Waals surface area (Å²) >= 11 is 1.33.